The molecule has 27 heavy (non-hydrogen) atoms. The SMILES string of the molecule is CC(C)NC(=O)N1CCc2c([nH]c3ccc(Br)cc23)C1c1cccc(Cl)c1. The second-order valence-electron chi connectivity index (χ2n) is 7.21. The van der Waals surface area contributed by atoms with Crippen molar-refractivity contribution in [1.29, 1.82) is 0 Å². The fourth-order valence-electron chi connectivity index (χ4n) is 3.83. The van der Waals surface area contributed by atoms with Gasteiger partial charge in [0, 0.05) is 38.7 Å². The second-order valence-corrected chi connectivity index (χ2v) is 8.56. The minimum Gasteiger partial charge on any atom is -0.356 e. The molecule has 2 aromatic carbocycles. The van der Waals surface area contributed by atoms with Gasteiger partial charge in [-0.3, -0.25) is 0 Å². The van der Waals surface area contributed by atoms with Gasteiger partial charge in [0.2, 0.25) is 0 Å². The van der Waals surface area contributed by atoms with Crippen molar-refractivity contribution in [3.05, 3.63) is 68.8 Å². The summed E-state index contributed by atoms with van der Waals surface area (Å²) < 4.78 is 1.05. The van der Waals surface area contributed by atoms with E-state index in [4.69, 9.17) is 11.6 Å². The van der Waals surface area contributed by atoms with Gasteiger partial charge in [-0.1, -0.05) is 39.7 Å². The zero-order valence-electron chi connectivity index (χ0n) is 15.2. The fraction of sp³-hybridized carbons (Fsp3) is 0.286. The first kappa shape index (κ1) is 18.4. The van der Waals surface area contributed by atoms with Crippen molar-refractivity contribution in [1.82, 2.24) is 15.2 Å². The van der Waals surface area contributed by atoms with Gasteiger partial charge in [-0.2, -0.15) is 0 Å². The van der Waals surface area contributed by atoms with Crippen molar-refractivity contribution in [2.75, 3.05) is 6.54 Å². The number of urea groups is 1. The Bertz CT molecular complexity index is 1010. The molecule has 0 saturated carbocycles. The summed E-state index contributed by atoms with van der Waals surface area (Å²) in [6.07, 6.45) is 0.814. The predicted molar refractivity (Wildman–Crippen MR) is 113 cm³/mol. The smallest absolute Gasteiger partial charge is 0.318 e. The van der Waals surface area contributed by atoms with Gasteiger partial charge < -0.3 is 15.2 Å². The van der Waals surface area contributed by atoms with Gasteiger partial charge in [-0.05, 0) is 61.7 Å². The maximum absolute atomic E-state index is 12.9. The third-order valence-corrected chi connectivity index (χ3v) is 5.65. The van der Waals surface area contributed by atoms with E-state index in [9.17, 15) is 4.79 Å². The average molecular weight is 447 g/mol. The molecule has 1 atom stereocenters. The van der Waals surface area contributed by atoms with Crippen LogP contribution >= 0.6 is 27.5 Å². The van der Waals surface area contributed by atoms with Gasteiger partial charge in [0.15, 0.2) is 0 Å². The van der Waals surface area contributed by atoms with Crippen molar-refractivity contribution < 1.29 is 4.79 Å². The van der Waals surface area contributed by atoms with E-state index in [1.165, 1.54) is 10.9 Å². The van der Waals surface area contributed by atoms with Crippen LogP contribution in [-0.2, 0) is 6.42 Å². The van der Waals surface area contributed by atoms with E-state index in [0.717, 1.165) is 27.7 Å². The number of hydrogen-bond donors (Lipinski definition) is 2. The highest BCUT2D eigenvalue weighted by Gasteiger charge is 2.34. The molecule has 2 heterocycles. The Balaban J connectivity index is 1.87. The first-order valence-electron chi connectivity index (χ1n) is 9.06. The molecule has 3 aromatic rings. The Labute approximate surface area is 172 Å². The first-order chi connectivity index (χ1) is 12.9. The minimum atomic E-state index is -0.197. The van der Waals surface area contributed by atoms with Gasteiger partial charge in [0.25, 0.3) is 0 Å². The molecule has 140 valence electrons. The highest BCUT2D eigenvalue weighted by Crippen LogP contribution is 2.39. The summed E-state index contributed by atoms with van der Waals surface area (Å²) in [5.41, 5.74) is 4.43. The number of hydrogen-bond acceptors (Lipinski definition) is 1. The largest absolute Gasteiger partial charge is 0.356 e. The Kier molecular flexibility index (Phi) is 4.91. The Morgan fingerprint density at radius 2 is 2.11 bits per heavy atom. The van der Waals surface area contributed by atoms with Crippen LogP contribution in [0.5, 0.6) is 0 Å². The molecular weight excluding hydrogens is 426 g/mol. The summed E-state index contributed by atoms with van der Waals surface area (Å²) in [5, 5.41) is 4.91. The van der Waals surface area contributed by atoms with Crippen molar-refractivity contribution >= 4 is 44.5 Å². The lowest BCUT2D eigenvalue weighted by molar-refractivity contribution is 0.177. The fourth-order valence-corrected chi connectivity index (χ4v) is 4.39. The van der Waals surface area contributed by atoms with Crippen molar-refractivity contribution in [2.24, 2.45) is 0 Å². The van der Waals surface area contributed by atoms with Crippen molar-refractivity contribution in [3.63, 3.8) is 0 Å². The molecule has 4 rings (SSSR count). The maximum atomic E-state index is 12.9. The lowest BCUT2D eigenvalue weighted by atomic mass is 9.92. The normalized spacial score (nSPS) is 16.6. The number of carbonyl (C=O) groups is 1. The number of rotatable bonds is 2. The third-order valence-electron chi connectivity index (χ3n) is 4.93. The molecule has 4 nitrogen and oxygen atoms in total. The van der Waals surface area contributed by atoms with Crippen LogP contribution in [0.2, 0.25) is 5.02 Å². The molecule has 0 fully saturated rings. The molecule has 0 radical (unpaired) electrons. The maximum Gasteiger partial charge on any atom is 0.318 e. The van der Waals surface area contributed by atoms with Gasteiger partial charge in [0.05, 0.1) is 6.04 Å². The van der Waals surface area contributed by atoms with Gasteiger partial charge in [-0.15, -0.1) is 0 Å². The monoisotopic (exact) mass is 445 g/mol. The van der Waals surface area contributed by atoms with Crippen LogP contribution < -0.4 is 5.32 Å². The number of nitrogens with one attached hydrogen (secondary N) is 2. The summed E-state index contributed by atoms with van der Waals surface area (Å²) in [6.45, 7) is 4.60. The highest BCUT2D eigenvalue weighted by atomic mass is 79.9. The van der Waals surface area contributed by atoms with E-state index in [1.807, 2.05) is 49.1 Å². The van der Waals surface area contributed by atoms with Crippen LogP contribution in [-0.4, -0.2) is 28.5 Å². The van der Waals surface area contributed by atoms with E-state index in [-0.39, 0.29) is 18.1 Å². The summed E-state index contributed by atoms with van der Waals surface area (Å²) in [4.78, 5) is 18.4. The minimum absolute atomic E-state index is 0.0551. The average Bonchev–Trinajstić information content (AvgIpc) is 2.98. The molecule has 6 heteroatoms. The number of benzene rings is 2. The van der Waals surface area contributed by atoms with Crippen molar-refractivity contribution in [3.8, 4) is 0 Å². The van der Waals surface area contributed by atoms with Crippen LogP contribution in [0, 0.1) is 0 Å². The summed E-state index contributed by atoms with van der Waals surface area (Å²) in [5.74, 6) is 0. The zero-order chi connectivity index (χ0) is 19.1. The first-order valence-corrected chi connectivity index (χ1v) is 10.2. The second kappa shape index (κ2) is 7.21. The molecule has 1 unspecified atom stereocenters. The Morgan fingerprint density at radius 3 is 2.85 bits per heavy atom. The highest BCUT2D eigenvalue weighted by molar-refractivity contribution is 9.10. The molecule has 1 aromatic heterocycles. The van der Waals surface area contributed by atoms with Crippen LogP contribution in [0.3, 0.4) is 0 Å². The molecule has 0 spiro atoms. The topological polar surface area (TPSA) is 48.1 Å². The molecule has 2 N–H and O–H groups in total. The van der Waals surface area contributed by atoms with Crippen LogP contribution in [0.25, 0.3) is 10.9 Å². The number of carbonyl (C=O) groups excluding carboxylic acids is 1. The molecular formula is C21H21BrClN3O. The predicted octanol–water partition coefficient (Wildman–Crippen LogP) is 5.65. The number of aromatic amines is 1. The standard InChI is InChI=1S/C21H21BrClN3O/c1-12(2)24-21(27)26-9-8-16-17-11-14(22)6-7-18(17)25-19(16)20(26)13-4-3-5-15(23)10-13/h3-7,10-12,20,25H,8-9H2,1-2H3,(H,24,27). The number of fused-ring (bicyclic) bond motifs is 3. The Hall–Kier alpha value is -1.98. The van der Waals surface area contributed by atoms with E-state index in [0.29, 0.717) is 11.6 Å². The number of halogens is 2. The lowest BCUT2D eigenvalue weighted by Gasteiger charge is -2.36. The van der Waals surface area contributed by atoms with E-state index in [2.05, 4.69) is 38.4 Å². The van der Waals surface area contributed by atoms with Gasteiger partial charge in [0.1, 0.15) is 0 Å². The number of amides is 2. The van der Waals surface area contributed by atoms with Crippen LogP contribution in [0.15, 0.2) is 46.9 Å². The summed E-state index contributed by atoms with van der Waals surface area (Å²) >= 11 is 9.84. The third kappa shape index (κ3) is 3.46. The number of H-pyrrole nitrogens is 1. The van der Waals surface area contributed by atoms with Crippen molar-refractivity contribution in [2.45, 2.75) is 32.4 Å². The molecule has 0 bridgehead atoms. The molecule has 1 aliphatic rings. The number of aromatic nitrogens is 1. The van der Waals surface area contributed by atoms with Crippen LogP contribution in [0.1, 0.15) is 36.7 Å². The summed E-state index contributed by atoms with van der Waals surface area (Å²) in [6, 6.07) is 13.8. The Morgan fingerprint density at radius 1 is 1.30 bits per heavy atom. The van der Waals surface area contributed by atoms with E-state index < -0.39 is 0 Å². The van der Waals surface area contributed by atoms with E-state index >= 15 is 0 Å². The van der Waals surface area contributed by atoms with Gasteiger partial charge in [-0.25, -0.2) is 4.79 Å². The van der Waals surface area contributed by atoms with E-state index in [1.54, 1.807) is 0 Å². The zero-order valence-corrected chi connectivity index (χ0v) is 17.6. The molecule has 2 amide bonds. The summed E-state index contributed by atoms with van der Waals surface area (Å²) in [7, 11) is 0. The molecule has 1 aliphatic heterocycles. The molecule has 0 aliphatic carbocycles. The number of nitrogens with zero attached hydrogens (tertiary/aromatic N) is 1. The quantitative estimate of drug-likeness (QED) is 0.525. The van der Waals surface area contributed by atoms with Gasteiger partial charge >= 0.3 is 6.03 Å². The molecule has 0 saturated heterocycles. The van der Waals surface area contributed by atoms with Crippen LogP contribution in [0.4, 0.5) is 4.79 Å². The lowest BCUT2D eigenvalue weighted by Crippen LogP contribution is -2.47.